The van der Waals surface area contributed by atoms with E-state index < -0.39 is 0 Å². The highest BCUT2D eigenvalue weighted by Gasteiger charge is 2.35. The second-order valence-corrected chi connectivity index (χ2v) is 6.29. The average molecular weight is 313 g/mol. The summed E-state index contributed by atoms with van der Waals surface area (Å²) >= 11 is 5.98. The first kappa shape index (κ1) is 16.5. The number of halogens is 1. The molecular formula is C15H25ClN4O. The molecule has 5 nitrogen and oxygen atoms in total. The summed E-state index contributed by atoms with van der Waals surface area (Å²) in [5, 5.41) is 13.1. The van der Waals surface area contributed by atoms with E-state index in [-0.39, 0.29) is 12.1 Å². The topological polar surface area (TPSA) is 61.3 Å². The first-order valence-electron chi connectivity index (χ1n) is 7.63. The summed E-state index contributed by atoms with van der Waals surface area (Å²) in [4.78, 5) is 10.7. The maximum atomic E-state index is 9.24. The number of aliphatic hydroxyl groups excluding tert-OH is 1. The Morgan fingerprint density at radius 2 is 2.05 bits per heavy atom. The van der Waals surface area contributed by atoms with Crippen LogP contribution in [0.2, 0.25) is 5.15 Å². The largest absolute Gasteiger partial charge is 0.395 e. The van der Waals surface area contributed by atoms with Gasteiger partial charge in [-0.15, -0.1) is 0 Å². The summed E-state index contributed by atoms with van der Waals surface area (Å²) in [7, 11) is 2.10. The zero-order valence-electron chi connectivity index (χ0n) is 12.9. The quantitative estimate of drug-likeness (QED) is 0.790. The van der Waals surface area contributed by atoms with Gasteiger partial charge in [-0.3, -0.25) is 4.90 Å². The van der Waals surface area contributed by atoms with Crippen molar-refractivity contribution in [2.45, 2.75) is 44.6 Å². The molecule has 0 amide bonds. The number of rotatable bonds is 6. The maximum absolute atomic E-state index is 9.24. The van der Waals surface area contributed by atoms with Gasteiger partial charge in [0.05, 0.1) is 6.61 Å². The third-order valence-corrected chi connectivity index (χ3v) is 4.63. The van der Waals surface area contributed by atoms with E-state index in [9.17, 15) is 5.11 Å². The number of β-amino-alcohol motifs (C(OH)–C–C–N with tert-alkyl or cyclic N) is 1. The Kier molecular flexibility index (Phi) is 5.79. The molecule has 0 saturated heterocycles. The number of aryl methyl sites for hydroxylation is 1. The van der Waals surface area contributed by atoms with Gasteiger partial charge in [0.25, 0.3) is 0 Å². The van der Waals surface area contributed by atoms with Crippen LogP contribution in [-0.4, -0.2) is 52.3 Å². The predicted octanol–water partition coefficient (Wildman–Crippen LogP) is 2.48. The number of aliphatic hydroxyl groups is 1. The molecular weight excluding hydrogens is 288 g/mol. The van der Waals surface area contributed by atoms with Crippen LogP contribution in [-0.2, 0) is 0 Å². The third kappa shape index (κ3) is 4.28. The Labute approximate surface area is 131 Å². The lowest BCUT2D eigenvalue weighted by molar-refractivity contribution is 0.0690. The van der Waals surface area contributed by atoms with Crippen molar-refractivity contribution in [3.05, 3.63) is 17.0 Å². The van der Waals surface area contributed by atoms with Crippen molar-refractivity contribution < 1.29 is 5.11 Å². The monoisotopic (exact) mass is 312 g/mol. The molecule has 0 unspecified atom stereocenters. The fourth-order valence-corrected chi connectivity index (χ4v) is 3.39. The van der Waals surface area contributed by atoms with E-state index in [0.717, 1.165) is 25.2 Å². The highest BCUT2D eigenvalue weighted by molar-refractivity contribution is 6.29. The van der Waals surface area contributed by atoms with Crippen molar-refractivity contribution in [1.29, 1.82) is 0 Å². The van der Waals surface area contributed by atoms with Crippen LogP contribution in [0.25, 0.3) is 0 Å². The number of likely N-dealkylation sites (N-methyl/N-ethyl adjacent to an activating group) is 1. The molecule has 1 aliphatic rings. The molecule has 6 heteroatoms. The first-order chi connectivity index (χ1) is 10.1. The van der Waals surface area contributed by atoms with Crippen molar-refractivity contribution in [2.75, 3.05) is 32.1 Å². The molecule has 1 aliphatic carbocycles. The smallest absolute Gasteiger partial charge is 0.134 e. The SMILES string of the molecule is Cc1nc(Cl)cc(NCC2(N(C)CCO)CCCCC2)n1. The predicted molar refractivity (Wildman–Crippen MR) is 85.8 cm³/mol. The number of aromatic nitrogens is 2. The number of nitrogens with zero attached hydrogens (tertiary/aromatic N) is 3. The van der Waals surface area contributed by atoms with E-state index >= 15 is 0 Å². The molecule has 1 aromatic rings. The van der Waals surface area contributed by atoms with Gasteiger partial charge in [0, 0.05) is 24.7 Å². The molecule has 0 radical (unpaired) electrons. The fraction of sp³-hybridized carbons (Fsp3) is 0.733. The van der Waals surface area contributed by atoms with Crippen LogP contribution in [0.3, 0.4) is 0 Å². The second-order valence-electron chi connectivity index (χ2n) is 5.91. The van der Waals surface area contributed by atoms with Gasteiger partial charge >= 0.3 is 0 Å². The van der Waals surface area contributed by atoms with Crippen LogP contribution < -0.4 is 5.32 Å². The Hall–Kier alpha value is -0.910. The van der Waals surface area contributed by atoms with Crippen molar-refractivity contribution in [1.82, 2.24) is 14.9 Å². The molecule has 1 fully saturated rings. The molecule has 0 aliphatic heterocycles. The Morgan fingerprint density at radius 1 is 1.33 bits per heavy atom. The Bertz CT molecular complexity index is 443. The molecule has 0 aromatic carbocycles. The molecule has 1 saturated carbocycles. The standard InChI is InChI=1S/C15H25ClN4O/c1-12-18-13(16)10-14(19-12)17-11-15(20(2)8-9-21)6-4-3-5-7-15/h10,21H,3-9,11H2,1-2H3,(H,17,18,19). The van der Waals surface area contributed by atoms with E-state index in [0.29, 0.717) is 17.5 Å². The lowest BCUT2D eigenvalue weighted by Gasteiger charge is -2.45. The van der Waals surface area contributed by atoms with E-state index in [4.69, 9.17) is 11.6 Å². The molecule has 2 N–H and O–H groups in total. The van der Waals surface area contributed by atoms with Gasteiger partial charge in [-0.2, -0.15) is 0 Å². The number of nitrogens with one attached hydrogen (secondary N) is 1. The lowest BCUT2D eigenvalue weighted by Crippen LogP contribution is -2.53. The van der Waals surface area contributed by atoms with E-state index in [1.54, 1.807) is 6.07 Å². The van der Waals surface area contributed by atoms with Gasteiger partial charge < -0.3 is 10.4 Å². The minimum Gasteiger partial charge on any atom is -0.395 e. The van der Waals surface area contributed by atoms with Gasteiger partial charge in [-0.1, -0.05) is 30.9 Å². The molecule has 21 heavy (non-hydrogen) atoms. The summed E-state index contributed by atoms with van der Waals surface area (Å²) in [6.45, 7) is 3.55. The molecule has 0 spiro atoms. The molecule has 1 heterocycles. The fourth-order valence-electron chi connectivity index (χ4n) is 3.17. The van der Waals surface area contributed by atoms with E-state index in [1.165, 1.54) is 19.3 Å². The van der Waals surface area contributed by atoms with Crippen LogP contribution in [0.15, 0.2) is 6.07 Å². The van der Waals surface area contributed by atoms with Gasteiger partial charge in [0.1, 0.15) is 16.8 Å². The molecule has 1 aromatic heterocycles. The zero-order valence-corrected chi connectivity index (χ0v) is 13.7. The summed E-state index contributed by atoms with van der Waals surface area (Å²) in [5.41, 5.74) is 0.0896. The van der Waals surface area contributed by atoms with E-state index in [2.05, 4.69) is 27.2 Å². The third-order valence-electron chi connectivity index (χ3n) is 4.43. The second kappa shape index (κ2) is 7.38. The van der Waals surface area contributed by atoms with Gasteiger partial charge in [-0.05, 0) is 26.8 Å². The maximum Gasteiger partial charge on any atom is 0.134 e. The highest BCUT2D eigenvalue weighted by atomic mass is 35.5. The first-order valence-corrected chi connectivity index (χ1v) is 8.01. The minimum atomic E-state index is 0.0896. The lowest BCUT2D eigenvalue weighted by atomic mass is 9.80. The molecule has 0 bridgehead atoms. The van der Waals surface area contributed by atoms with Gasteiger partial charge in [0.2, 0.25) is 0 Å². The summed E-state index contributed by atoms with van der Waals surface area (Å²) in [6.07, 6.45) is 6.07. The van der Waals surface area contributed by atoms with Crippen molar-refractivity contribution >= 4 is 17.4 Å². The van der Waals surface area contributed by atoms with Crippen LogP contribution >= 0.6 is 11.6 Å². The van der Waals surface area contributed by atoms with E-state index in [1.807, 2.05) is 6.92 Å². The average Bonchev–Trinajstić information content (AvgIpc) is 2.45. The Balaban J connectivity index is 2.08. The van der Waals surface area contributed by atoms with Crippen LogP contribution in [0.5, 0.6) is 0 Å². The summed E-state index contributed by atoms with van der Waals surface area (Å²) in [5.74, 6) is 1.45. The molecule has 118 valence electrons. The highest BCUT2D eigenvalue weighted by Crippen LogP contribution is 2.33. The zero-order chi connectivity index (χ0) is 15.3. The number of anilines is 1. The summed E-state index contributed by atoms with van der Waals surface area (Å²) < 4.78 is 0. The minimum absolute atomic E-state index is 0.0896. The van der Waals surface area contributed by atoms with Gasteiger partial charge in [0.15, 0.2) is 0 Å². The van der Waals surface area contributed by atoms with Crippen molar-refractivity contribution in [3.8, 4) is 0 Å². The Morgan fingerprint density at radius 3 is 2.67 bits per heavy atom. The van der Waals surface area contributed by atoms with Crippen LogP contribution in [0, 0.1) is 6.92 Å². The normalized spacial score (nSPS) is 18.0. The molecule has 0 atom stereocenters. The van der Waals surface area contributed by atoms with Crippen molar-refractivity contribution in [3.63, 3.8) is 0 Å². The number of hydrogen-bond acceptors (Lipinski definition) is 5. The van der Waals surface area contributed by atoms with Crippen LogP contribution in [0.4, 0.5) is 5.82 Å². The summed E-state index contributed by atoms with van der Waals surface area (Å²) in [6, 6.07) is 1.76. The molecule has 2 rings (SSSR count). The van der Waals surface area contributed by atoms with Gasteiger partial charge in [-0.25, -0.2) is 9.97 Å². The van der Waals surface area contributed by atoms with Crippen LogP contribution in [0.1, 0.15) is 37.9 Å². The van der Waals surface area contributed by atoms with Crippen molar-refractivity contribution in [2.24, 2.45) is 0 Å². The number of hydrogen-bond donors (Lipinski definition) is 2.